The zero-order chi connectivity index (χ0) is 23.0. The summed E-state index contributed by atoms with van der Waals surface area (Å²) in [4.78, 5) is 14.5. The predicted octanol–water partition coefficient (Wildman–Crippen LogP) is 4.59. The molecule has 1 fully saturated rings. The van der Waals surface area contributed by atoms with E-state index in [-0.39, 0.29) is 12.0 Å². The van der Waals surface area contributed by atoms with Crippen molar-refractivity contribution in [3.63, 3.8) is 0 Å². The number of fused-ring (bicyclic) bond motifs is 1. The van der Waals surface area contributed by atoms with Crippen molar-refractivity contribution in [3.05, 3.63) is 78.0 Å². The minimum atomic E-state index is -0.642. The summed E-state index contributed by atoms with van der Waals surface area (Å²) in [5, 5.41) is 11.6. The molecule has 3 heterocycles. The van der Waals surface area contributed by atoms with Gasteiger partial charge in [0.1, 0.15) is 17.6 Å². The molecule has 0 spiro atoms. The first-order valence-corrected chi connectivity index (χ1v) is 11.3. The van der Waals surface area contributed by atoms with Crippen LogP contribution in [-0.2, 0) is 11.2 Å². The van der Waals surface area contributed by atoms with Crippen molar-refractivity contribution in [1.29, 1.82) is 0 Å². The fourth-order valence-corrected chi connectivity index (χ4v) is 3.97. The van der Waals surface area contributed by atoms with Crippen LogP contribution in [-0.4, -0.2) is 29.1 Å². The highest BCUT2D eigenvalue weighted by molar-refractivity contribution is 5.70. The molecule has 0 radical (unpaired) electrons. The van der Waals surface area contributed by atoms with Gasteiger partial charge in [-0.2, -0.15) is 0 Å². The lowest BCUT2D eigenvalue weighted by Crippen LogP contribution is -2.31. The molecule has 1 unspecified atom stereocenters. The number of nitrogen functional groups attached to an aromatic ring is 1. The Morgan fingerprint density at radius 3 is 2.52 bits per heavy atom. The molecule has 0 aliphatic carbocycles. The van der Waals surface area contributed by atoms with E-state index >= 15 is 0 Å². The quantitative estimate of drug-likeness (QED) is 0.537. The van der Waals surface area contributed by atoms with E-state index in [1.165, 1.54) is 5.56 Å². The van der Waals surface area contributed by atoms with Gasteiger partial charge in [-0.05, 0) is 74.2 Å². The molecular weight excluding hydrogens is 418 g/mol. The molecule has 0 amide bonds. The summed E-state index contributed by atoms with van der Waals surface area (Å²) >= 11 is 0. The number of aryl methyl sites for hydroxylation is 1. The standard InChI is InChI=1S/C20H18N2O2.C6H11NO2/c21-16-7-11-20(22-13-16)23-17-8-10-19-15(12-17)6-9-18(24-19)14-4-2-1-3-5-14;8-6(9)5-1-3-7-4-2-5/h1-5,7-8,10-13,18H,6,9,21H2;5,7H,1-4H2,(H,8,9). The van der Waals surface area contributed by atoms with Crippen molar-refractivity contribution in [2.45, 2.75) is 31.8 Å². The highest BCUT2D eigenvalue weighted by atomic mass is 16.5. The maximum atomic E-state index is 10.3. The molecule has 2 aliphatic heterocycles. The second kappa shape index (κ2) is 10.8. The second-order valence-electron chi connectivity index (χ2n) is 8.22. The number of aliphatic carboxylic acids is 1. The average molecular weight is 448 g/mol. The number of anilines is 1. The van der Waals surface area contributed by atoms with Gasteiger partial charge < -0.3 is 25.6 Å². The summed E-state index contributed by atoms with van der Waals surface area (Å²) in [5.41, 5.74) is 8.64. The minimum Gasteiger partial charge on any atom is -0.485 e. The van der Waals surface area contributed by atoms with E-state index < -0.39 is 5.97 Å². The van der Waals surface area contributed by atoms with Crippen molar-refractivity contribution in [2.24, 2.45) is 5.92 Å². The summed E-state index contributed by atoms with van der Waals surface area (Å²) in [6.07, 6.45) is 5.19. The number of nitrogens with zero attached hydrogens (tertiary/aromatic N) is 1. The molecule has 7 heteroatoms. The summed E-state index contributed by atoms with van der Waals surface area (Å²) in [6, 6.07) is 19.8. The number of aromatic nitrogens is 1. The van der Waals surface area contributed by atoms with Crippen molar-refractivity contribution < 1.29 is 19.4 Å². The first-order chi connectivity index (χ1) is 16.1. The van der Waals surface area contributed by atoms with Crippen LogP contribution < -0.4 is 20.5 Å². The van der Waals surface area contributed by atoms with Gasteiger partial charge in [0, 0.05) is 6.07 Å². The lowest BCUT2D eigenvalue weighted by atomic mass is 9.97. The van der Waals surface area contributed by atoms with Crippen LogP contribution in [0.5, 0.6) is 17.4 Å². The summed E-state index contributed by atoms with van der Waals surface area (Å²) < 4.78 is 11.9. The number of pyridine rings is 1. The number of hydrogen-bond donors (Lipinski definition) is 3. The highest BCUT2D eigenvalue weighted by Gasteiger charge is 2.22. The molecule has 2 aromatic carbocycles. The number of hydrogen-bond acceptors (Lipinski definition) is 6. The van der Waals surface area contributed by atoms with Gasteiger partial charge in [-0.15, -0.1) is 0 Å². The molecular formula is C26H29N3O4. The van der Waals surface area contributed by atoms with Crippen LogP contribution in [0.25, 0.3) is 0 Å². The van der Waals surface area contributed by atoms with E-state index in [0.29, 0.717) is 11.6 Å². The number of carboxylic acids is 1. The molecule has 5 rings (SSSR count). The number of piperidine rings is 1. The van der Waals surface area contributed by atoms with Crippen LogP contribution in [0.15, 0.2) is 66.9 Å². The van der Waals surface area contributed by atoms with E-state index in [2.05, 4.69) is 22.4 Å². The lowest BCUT2D eigenvalue weighted by molar-refractivity contribution is -0.142. The number of nitrogens with two attached hydrogens (primary N) is 1. The molecule has 3 aromatic rings. The second-order valence-corrected chi connectivity index (χ2v) is 8.22. The maximum Gasteiger partial charge on any atom is 0.306 e. The van der Waals surface area contributed by atoms with E-state index in [1.54, 1.807) is 18.3 Å². The smallest absolute Gasteiger partial charge is 0.306 e. The molecule has 0 saturated carbocycles. The van der Waals surface area contributed by atoms with Crippen LogP contribution in [0, 0.1) is 5.92 Å². The SMILES string of the molecule is Nc1ccc(Oc2ccc3c(c2)CCC(c2ccccc2)O3)nc1.O=C(O)C1CCNCC1. The Labute approximate surface area is 193 Å². The number of carbonyl (C=O) groups is 1. The van der Waals surface area contributed by atoms with E-state index in [9.17, 15) is 4.79 Å². The van der Waals surface area contributed by atoms with Crippen LogP contribution in [0.3, 0.4) is 0 Å². The Morgan fingerprint density at radius 1 is 1.06 bits per heavy atom. The molecule has 7 nitrogen and oxygen atoms in total. The lowest BCUT2D eigenvalue weighted by Gasteiger charge is -2.26. The Hall–Kier alpha value is -3.58. The molecule has 1 saturated heterocycles. The molecule has 33 heavy (non-hydrogen) atoms. The maximum absolute atomic E-state index is 10.3. The van der Waals surface area contributed by atoms with Gasteiger partial charge in [-0.1, -0.05) is 30.3 Å². The number of benzene rings is 2. The summed E-state index contributed by atoms with van der Waals surface area (Å²) in [6.45, 7) is 1.72. The number of rotatable bonds is 4. The van der Waals surface area contributed by atoms with Gasteiger partial charge in [0.25, 0.3) is 0 Å². The van der Waals surface area contributed by atoms with Gasteiger partial charge in [-0.3, -0.25) is 4.79 Å². The van der Waals surface area contributed by atoms with E-state index in [1.807, 2.05) is 36.4 Å². The van der Waals surface area contributed by atoms with Crippen molar-refractivity contribution >= 4 is 11.7 Å². The fraction of sp³-hybridized carbons (Fsp3) is 0.308. The van der Waals surface area contributed by atoms with Crippen LogP contribution >= 0.6 is 0 Å². The van der Waals surface area contributed by atoms with Crippen molar-refractivity contribution in [3.8, 4) is 17.4 Å². The summed E-state index contributed by atoms with van der Waals surface area (Å²) in [5.74, 6) is 1.48. The molecule has 172 valence electrons. The number of ether oxygens (including phenoxy) is 2. The van der Waals surface area contributed by atoms with Gasteiger partial charge in [0.15, 0.2) is 0 Å². The molecule has 2 aliphatic rings. The fourth-order valence-electron chi connectivity index (χ4n) is 3.97. The predicted molar refractivity (Wildman–Crippen MR) is 127 cm³/mol. The third kappa shape index (κ3) is 6.23. The van der Waals surface area contributed by atoms with Crippen LogP contribution in [0.2, 0.25) is 0 Å². The van der Waals surface area contributed by atoms with Crippen molar-refractivity contribution in [1.82, 2.24) is 10.3 Å². The van der Waals surface area contributed by atoms with Crippen LogP contribution in [0.1, 0.15) is 36.5 Å². The first kappa shape index (κ1) is 22.6. The van der Waals surface area contributed by atoms with Gasteiger partial charge >= 0.3 is 5.97 Å². The Balaban J connectivity index is 0.000000243. The third-order valence-corrected chi connectivity index (χ3v) is 5.82. The third-order valence-electron chi connectivity index (χ3n) is 5.82. The molecule has 1 atom stereocenters. The van der Waals surface area contributed by atoms with Gasteiger partial charge in [-0.25, -0.2) is 4.98 Å². The van der Waals surface area contributed by atoms with Crippen LogP contribution in [0.4, 0.5) is 5.69 Å². The highest BCUT2D eigenvalue weighted by Crippen LogP contribution is 2.37. The zero-order valence-corrected chi connectivity index (χ0v) is 18.4. The Kier molecular flexibility index (Phi) is 7.42. The zero-order valence-electron chi connectivity index (χ0n) is 18.4. The van der Waals surface area contributed by atoms with E-state index in [4.69, 9.17) is 20.3 Å². The molecule has 0 bridgehead atoms. The Morgan fingerprint density at radius 2 is 1.85 bits per heavy atom. The Bertz CT molecular complexity index is 1050. The van der Waals surface area contributed by atoms with Gasteiger partial charge in [0.2, 0.25) is 5.88 Å². The van der Waals surface area contributed by atoms with Gasteiger partial charge in [0.05, 0.1) is 17.8 Å². The topological polar surface area (TPSA) is 107 Å². The molecule has 4 N–H and O–H groups in total. The normalized spacial score (nSPS) is 17.6. The monoisotopic (exact) mass is 447 g/mol. The first-order valence-electron chi connectivity index (χ1n) is 11.3. The number of nitrogens with one attached hydrogen (secondary N) is 1. The number of carboxylic acid groups (broad SMARTS) is 1. The molecule has 1 aromatic heterocycles. The van der Waals surface area contributed by atoms with Crippen molar-refractivity contribution in [2.75, 3.05) is 18.8 Å². The minimum absolute atomic E-state index is 0.0914. The average Bonchev–Trinajstić information content (AvgIpc) is 2.86. The van der Waals surface area contributed by atoms with E-state index in [0.717, 1.165) is 55.8 Å². The summed E-state index contributed by atoms with van der Waals surface area (Å²) in [7, 11) is 0. The largest absolute Gasteiger partial charge is 0.485 e.